The fourth-order valence-electron chi connectivity index (χ4n) is 1.30. The number of dihydropyridines is 1. The molecule has 0 aromatic heterocycles. The van der Waals surface area contributed by atoms with Crippen molar-refractivity contribution in [1.82, 2.24) is 0 Å². The molecule has 1 rings (SSSR count). The summed E-state index contributed by atoms with van der Waals surface area (Å²) in [5.41, 5.74) is 1.04. The summed E-state index contributed by atoms with van der Waals surface area (Å²) in [7, 11) is 0. The molecule has 0 aliphatic carbocycles. The third kappa shape index (κ3) is 3.13. The molecule has 0 radical (unpaired) electrons. The summed E-state index contributed by atoms with van der Waals surface area (Å²) in [4.78, 5) is 4.03. The molecule has 4 heteroatoms. The van der Waals surface area contributed by atoms with Crippen LogP contribution in [0.25, 0.3) is 0 Å². The van der Waals surface area contributed by atoms with Gasteiger partial charge in [0.15, 0.2) is 0 Å². The molecule has 0 bridgehead atoms. The minimum Gasteiger partial charge on any atom is -0.417 e. The normalized spacial score (nSPS) is 22.7. The van der Waals surface area contributed by atoms with Crippen LogP contribution in [0.3, 0.4) is 0 Å². The van der Waals surface area contributed by atoms with Gasteiger partial charge in [-0.1, -0.05) is 12.5 Å². The summed E-state index contributed by atoms with van der Waals surface area (Å²) in [5.74, 6) is 0.0607. The average Bonchev–Trinajstić information content (AvgIpc) is 2.01. The summed E-state index contributed by atoms with van der Waals surface area (Å²) < 4.78 is 27.9. The van der Waals surface area contributed by atoms with Gasteiger partial charge in [0.1, 0.15) is 0 Å². The van der Waals surface area contributed by atoms with Gasteiger partial charge in [0.05, 0.1) is 6.04 Å². The lowest BCUT2D eigenvalue weighted by molar-refractivity contribution is -0.0598. The Kier molecular flexibility index (Phi) is 3.39. The fraction of sp³-hybridized carbons (Fsp3) is 0.667. The molecular weight excluding hydrogens is 176 g/mol. The Hall–Kier alpha value is -0.930. The lowest BCUT2D eigenvalue weighted by atomic mass is 10.0. The van der Waals surface area contributed by atoms with Crippen molar-refractivity contribution in [2.75, 3.05) is 0 Å². The fourth-order valence-corrected chi connectivity index (χ4v) is 1.30. The first-order valence-corrected chi connectivity index (χ1v) is 4.31. The molecule has 0 amide bonds. The van der Waals surface area contributed by atoms with Gasteiger partial charge in [-0.2, -0.15) is 8.78 Å². The molecule has 1 aliphatic heterocycles. The zero-order chi connectivity index (χ0) is 9.84. The van der Waals surface area contributed by atoms with Gasteiger partial charge in [-0.15, -0.1) is 0 Å². The largest absolute Gasteiger partial charge is 0.417 e. The Morgan fingerprint density at radius 3 is 2.92 bits per heavy atom. The van der Waals surface area contributed by atoms with E-state index in [1.165, 1.54) is 0 Å². The van der Waals surface area contributed by atoms with Crippen LogP contribution in [0.4, 0.5) is 8.78 Å². The van der Waals surface area contributed by atoms with Crippen molar-refractivity contribution in [2.24, 2.45) is 4.99 Å². The predicted molar refractivity (Wildman–Crippen MR) is 47.0 cm³/mol. The Balaban J connectivity index is 2.65. The molecule has 13 heavy (non-hydrogen) atoms. The van der Waals surface area contributed by atoms with Crippen molar-refractivity contribution in [1.29, 1.82) is 0 Å². The first-order chi connectivity index (χ1) is 6.11. The van der Waals surface area contributed by atoms with E-state index in [1.807, 2.05) is 13.8 Å². The number of hydrogen-bond donors (Lipinski definition) is 0. The molecule has 0 fully saturated rings. The first kappa shape index (κ1) is 10.2. The van der Waals surface area contributed by atoms with E-state index in [0.717, 1.165) is 18.4 Å². The number of nitrogens with zero attached hydrogens (tertiary/aromatic N) is 1. The second kappa shape index (κ2) is 4.35. The van der Waals surface area contributed by atoms with Gasteiger partial charge < -0.3 is 4.74 Å². The summed E-state index contributed by atoms with van der Waals surface area (Å²) in [5, 5.41) is 0. The van der Waals surface area contributed by atoms with Gasteiger partial charge in [-0.25, -0.2) is 4.99 Å². The third-order valence-electron chi connectivity index (χ3n) is 1.92. The highest BCUT2D eigenvalue weighted by Gasteiger charge is 2.15. The van der Waals surface area contributed by atoms with E-state index in [0.29, 0.717) is 0 Å². The van der Waals surface area contributed by atoms with Crippen LogP contribution in [0.1, 0.15) is 26.7 Å². The number of hydrogen-bond acceptors (Lipinski definition) is 2. The highest BCUT2D eigenvalue weighted by atomic mass is 19.3. The van der Waals surface area contributed by atoms with E-state index in [1.54, 1.807) is 6.08 Å². The van der Waals surface area contributed by atoms with Crippen LogP contribution in [0.5, 0.6) is 0 Å². The summed E-state index contributed by atoms with van der Waals surface area (Å²) >= 11 is 0. The van der Waals surface area contributed by atoms with Crippen LogP contribution < -0.4 is 0 Å². The zero-order valence-corrected chi connectivity index (χ0v) is 7.76. The van der Waals surface area contributed by atoms with Crippen molar-refractivity contribution in [3.8, 4) is 0 Å². The third-order valence-corrected chi connectivity index (χ3v) is 1.92. The Morgan fingerprint density at radius 2 is 2.38 bits per heavy atom. The van der Waals surface area contributed by atoms with Crippen LogP contribution in [0.15, 0.2) is 16.6 Å². The maximum Gasteiger partial charge on any atom is 0.388 e. The minimum atomic E-state index is -2.78. The summed E-state index contributed by atoms with van der Waals surface area (Å²) in [6.07, 6.45) is 3.26. The summed E-state index contributed by atoms with van der Waals surface area (Å²) in [6, 6.07) is 0.0961. The van der Waals surface area contributed by atoms with Gasteiger partial charge in [-0.05, 0) is 25.8 Å². The number of alkyl halides is 2. The van der Waals surface area contributed by atoms with Crippen LogP contribution in [-0.2, 0) is 4.74 Å². The molecule has 0 spiro atoms. The van der Waals surface area contributed by atoms with Gasteiger partial charge in [0.2, 0.25) is 5.90 Å². The Bertz CT molecular complexity index is 236. The van der Waals surface area contributed by atoms with Crippen molar-refractivity contribution < 1.29 is 13.5 Å². The molecule has 74 valence electrons. The topological polar surface area (TPSA) is 21.6 Å². The molecule has 1 heterocycles. The highest BCUT2D eigenvalue weighted by Crippen LogP contribution is 2.17. The molecule has 0 N–H and O–H groups in total. The smallest absolute Gasteiger partial charge is 0.388 e. The van der Waals surface area contributed by atoms with E-state index >= 15 is 0 Å². The van der Waals surface area contributed by atoms with Gasteiger partial charge in [0, 0.05) is 0 Å². The van der Waals surface area contributed by atoms with Crippen molar-refractivity contribution in [3.05, 3.63) is 11.6 Å². The molecule has 0 saturated heterocycles. The van der Waals surface area contributed by atoms with Gasteiger partial charge >= 0.3 is 6.61 Å². The highest BCUT2D eigenvalue weighted by molar-refractivity contribution is 5.89. The van der Waals surface area contributed by atoms with Gasteiger partial charge in [0.25, 0.3) is 0 Å². The number of rotatable bonds is 2. The maximum atomic E-state index is 11.8. The second-order valence-electron chi connectivity index (χ2n) is 3.10. The van der Waals surface area contributed by atoms with Gasteiger partial charge in [-0.3, -0.25) is 0 Å². The molecule has 2 nitrogen and oxygen atoms in total. The quantitative estimate of drug-likeness (QED) is 0.654. The number of ether oxygens (including phenoxy) is 1. The van der Waals surface area contributed by atoms with E-state index in [-0.39, 0.29) is 11.9 Å². The van der Waals surface area contributed by atoms with Crippen LogP contribution in [0.2, 0.25) is 0 Å². The second-order valence-corrected chi connectivity index (χ2v) is 3.10. The van der Waals surface area contributed by atoms with Crippen LogP contribution in [-0.4, -0.2) is 18.6 Å². The predicted octanol–water partition coefficient (Wildman–Crippen LogP) is 2.75. The van der Waals surface area contributed by atoms with E-state index in [2.05, 4.69) is 9.73 Å². The standard InChI is InChI=1S/C9H13F2NO/c1-3-7-4-6(2)5-8(12-7)13-9(10)11/h5,7,9H,3-4H2,1-2H3. The number of aliphatic imine (C=N–C) groups is 1. The summed E-state index contributed by atoms with van der Waals surface area (Å²) in [6.45, 7) is 1.09. The van der Waals surface area contributed by atoms with Crippen molar-refractivity contribution in [3.63, 3.8) is 0 Å². The first-order valence-electron chi connectivity index (χ1n) is 4.31. The maximum absolute atomic E-state index is 11.8. The monoisotopic (exact) mass is 189 g/mol. The van der Waals surface area contributed by atoms with Crippen molar-refractivity contribution in [2.45, 2.75) is 39.3 Å². The molecule has 0 aromatic rings. The molecule has 1 aliphatic rings. The lowest BCUT2D eigenvalue weighted by Crippen LogP contribution is -2.17. The average molecular weight is 189 g/mol. The zero-order valence-electron chi connectivity index (χ0n) is 7.76. The molecule has 1 atom stereocenters. The van der Waals surface area contributed by atoms with E-state index in [9.17, 15) is 8.78 Å². The molecule has 0 saturated carbocycles. The lowest BCUT2D eigenvalue weighted by Gasteiger charge is -2.17. The molecule has 1 unspecified atom stereocenters. The SMILES string of the molecule is CCC1CC(C)=CC(OC(F)F)=N1. The van der Waals surface area contributed by atoms with E-state index < -0.39 is 6.61 Å². The Labute approximate surface area is 76.3 Å². The van der Waals surface area contributed by atoms with Crippen LogP contribution >= 0.6 is 0 Å². The van der Waals surface area contributed by atoms with Crippen molar-refractivity contribution >= 4 is 5.90 Å². The minimum absolute atomic E-state index is 0.0607. The van der Waals surface area contributed by atoms with Crippen LogP contribution in [0, 0.1) is 0 Å². The Morgan fingerprint density at radius 1 is 1.69 bits per heavy atom. The number of halogens is 2. The molecular formula is C9H13F2NO. The molecule has 0 aromatic carbocycles. The van der Waals surface area contributed by atoms with E-state index in [4.69, 9.17) is 0 Å².